The molecule has 4 heteroatoms. The van der Waals surface area contributed by atoms with Crippen LogP contribution >= 0.6 is 0 Å². The number of aliphatic hydroxyl groups excluding tert-OH is 1. The number of aliphatic hydroxyl groups is 1. The maximum absolute atomic E-state index is 9.91. The van der Waals surface area contributed by atoms with Gasteiger partial charge in [0.05, 0.1) is 12.7 Å². The monoisotopic (exact) mass is 236 g/mol. The summed E-state index contributed by atoms with van der Waals surface area (Å²) in [6.45, 7) is 1.05. The molecule has 1 aromatic carbocycles. The Morgan fingerprint density at radius 1 is 1.12 bits per heavy atom. The Kier molecular flexibility index (Phi) is 3.11. The molecule has 3 rings (SSSR count). The van der Waals surface area contributed by atoms with Crippen molar-refractivity contribution in [3.05, 3.63) is 35.9 Å². The zero-order valence-electron chi connectivity index (χ0n) is 9.49. The van der Waals surface area contributed by atoms with Gasteiger partial charge < -0.3 is 19.3 Å². The van der Waals surface area contributed by atoms with E-state index in [9.17, 15) is 5.11 Å². The van der Waals surface area contributed by atoms with Gasteiger partial charge >= 0.3 is 0 Å². The van der Waals surface area contributed by atoms with Crippen LogP contribution in [0.5, 0.6) is 0 Å². The first-order chi connectivity index (χ1) is 8.34. The van der Waals surface area contributed by atoms with E-state index in [0.29, 0.717) is 19.6 Å². The zero-order valence-corrected chi connectivity index (χ0v) is 9.49. The van der Waals surface area contributed by atoms with Crippen LogP contribution in [0.1, 0.15) is 18.3 Å². The molecular formula is C13H16O4. The molecule has 2 heterocycles. The van der Waals surface area contributed by atoms with Crippen LogP contribution in [0.3, 0.4) is 0 Å². The topological polar surface area (TPSA) is 47.9 Å². The van der Waals surface area contributed by atoms with Gasteiger partial charge in [-0.2, -0.15) is 0 Å². The third kappa shape index (κ3) is 2.21. The summed E-state index contributed by atoms with van der Waals surface area (Å²) in [5.74, 6) is 0. The smallest absolute Gasteiger partial charge is 0.184 e. The van der Waals surface area contributed by atoms with Gasteiger partial charge in [-0.15, -0.1) is 0 Å². The van der Waals surface area contributed by atoms with Crippen molar-refractivity contribution in [2.24, 2.45) is 0 Å². The van der Waals surface area contributed by atoms with E-state index in [1.807, 2.05) is 30.3 Å². The van der Waals surface area contributed by atoms with Crippen molar-refractivity contribution in [1.82, 2.24) is 0 Å². The van der Waals surface area contributed by atoms with Gasteiger partial charge in [0.15, 0.2) is 6.29 Å². The Morgan fingerprint density at radius 3 is 2.76 bits per heavy atom. The average Bonchev–Trinajstić information content (AvgIpc) is 2.40. The molecule has 4 nitrogen and oxygen atoms in total. The van der Waals surface area contributed by atoms with Crippen LogP contribution in [0.25, 0.3) is 0 Å². The van der Waals surface area contributed by atoms with Crippen molar-refractivity contribution >= 4 is 0 Å². The Labute approximate surface area is 100 Å². The maximum Gasteiger partial charge on any atom is 0.184 e. The van der Waals surface area contributed by atoms with E-state index in [2.05, 4.69) is 0 Å². The third-order valence-corrected chi connectivity index (χ3v) is 3.26. The molecule has 2 aliphatic heterocycles. The Hall–Kier alpha value is -0.940. The molecule has 0 aliphatic carbocycles. The molecule has 17 heavy (non-hydrogen) atoms. The SMILES string of the molecule is OC1CCOC2CO[C@@H](c3ccccc3)OC12. The van der Waals surface area contributed by atoms with Gasteiger partial charge in [0.2, 0.25) is 0 Å². The highest BCUT2D eigenvalue weighted by atomic mass is 16.7. The number of benzene rings is 1. The van der Waals surface area contributed by atoms with Crippen molar-refractivity contribution < 1.29 is 19.3 Å². The van der Waals surface area contributed by atoms with E-state index in [4.69, 9.17) is 14.2 Å². The molecule has 4 atom stereocenters. The number of hydrogen-bond acceptors (Lipinski definition) is 4. The van der Waals surface area contributed by atoms with E-state index in [1.165, 1.54) is 0 Å². The maximum atomic E-state index is 9.91. The number of rotatable bonds is 1. The van der Waals surface area contributed by atoms with Crippen LogP contribution in [0.15, 0.2) is 30.3 Å². The van der Waals surface area contributed by atoms with Crippen LogP contribution < -0.4 is 0 Å². The summed E-state index contributed by atoms with van der Waals surface area (Å²) < 4.78 is 16.9. The molecular weight excluding hydrogens is 220 g/mol. The number of hydrogen-bond donors (Lipinski definition) is 1. The Bertz CT molecular complexity index is 367. The molecule has 0 radical (unpaired) electrons. The standard InChI is InChI=1S/C13H16O4/c14-10-6-7-15-11-8-16-13(17-12(10)11)9-4-2-1-3-5-9/h1-5,10-14H,6-8H2/t10?,11?,12?,13-/m1/s1. The highest BCUT2D eigenvalue weighted by Crippen LogP contribution is 2.31. The number of ether oxygens (including phenoxy) is 3. The van der Waals surface area contributed by atoms with Gasteiger partial charge in [-0.3, -0.25) is 0 Å². The fourth-order valence-electron chi connectivity index (χ4n) is 2.32. The van der Waals surface area contributed by atoms with Crippen molar-refractivity contribution in [2.75, 3.05) is 13.2 Å². The van der Waals surface area contributed by atoms with Gasteiger partial charge in [0, 0.05) is 12.2 Å². The fourth-order valence-corrected chi connectivity index (χ4v) is 2.32. The molecule has 1 aromatic rings. The molecule has 2 saturated heterocycles. The van der Waals surface area contributed by atoms with E-state index in [0.717, 1.165) is 5.56 Å². The molecule has 2 fully saturated rings. The van der Waals surface area contributed by atoms with Crippen LogP contribution in [0.4, 0.5) is 0 Å². The van der Waals surface area contributed by atoms with Gasteiger partial charge in [0.1, 0.15) is 12.2 Å². The second-order valence-corrected chi connectivity index (χ2v) is 4.44. The average molecular weight is 236 g/mol. The minimum Gasteiger partial charge on any atom is -0.390 e. The number of fused-ring (bicyclic) bond motifs is 1. The van der Waals surface area contributed by atoms with Crippen LogP contribution in [0, 0.1) is 0 Å². The lowest BCUT2D eigenvalue weighted by Crippen LogP contribution is -2.52. The van der Waals surface area contributed by atoms with Crippen LogP contribution in [-0.2, 0) is 14.2 Å². The Balaban J connectivity index is 1.74. The molecule has 0 spiro atoms. The highest BCUT2D eigenvalue weighted by molar-refractivity contribution is 5.16. The molecule has 0 saturated carbocycles. The predicted molar refractivity (Wildman–Crippen MR) is 60.4 cm³/mol. The quantitative estimate of drug-likeness (QED) is 0.797. The first-order valence-electron chi connectivity index (χ1n) is 5.96. The second-order valence-electron chi connectivity index (χ2n) is 4.44. The van der Waals surface area contributed by atoms with Crippen molar-refractivity contribution in [2.45, 2.75) is 31.0 Å². The van der Waals surface area contributed by atoms with Gasteiger partial charge in [-0.1, -0.05) is 30.3 Å². The van der Waals surface area contributed by atoms with E-state index in [-0.39, 0.29) is 12.2 Å². The minimum atomic E-state index is -0.455. The second kappa shape index (κ2) is 4.74. The lowest BCUT2D eigenvalue weighted by atomic mass is 10.0. The first kappa shape index (κ1) is 11.2. The summed E-state index contributed by atoms with van der Waals surface area (Å²) in [4.78, 5) is 0. The fraction of sp³-hybridized carbons (Fsp3) is 0.538. The molecule has 0 amide bonds. The third-order valence-electron chi connectivity index (χ3n) is 3.26. The Morgan fingerprint density at radius 2 is 1.94 bits per heavy atom. The summed E-state index contributed by atoms with van der Waals surface area (Å²) in [6, 6.07) is 9.76. The molecule has 92 valence electrons. The molecule has 2 aliphatic rings. The van der Waals surface area contributed by atoms with Crippen molar-refractivity contribution in [3.63, 3.8) is 0 Å². The lowest BCUT2D eigenvalue weighted by Gasteiger charge is -2.41. The van der Waals surface area contributed by atoms with Crippen LogP contribution in [-0.4, -0.2) is 36.6 Å². The first-order valence-corrected chi connectivity index (χ1v) is 5.96. The predicted octanol–water partition coefficient (Wildman–Crippen LogP) is 1.25. The summed E-state index contributed by atoms with van der Waals surface area (Å²) in [6.07, 6.45) is -0.637. The molecule has 3 unspecified atom stereocenters. The van der Waals surface area contributed by atoms with E-state index in [1.54, 1.807) is 0 Å². The van der Waals surface area contributed by atoms with Crippen LogP contribution in [0.2, 0.25) is 0 Å². The highest BCUT2D eigenvalue weighted by Gasteiger charge is 2.40. The van der Waals surface area contributed by atoms with Gasteiger partial charge in [0.25, 0.3) is 0 Å². The summed E-state index contributed by atoms with van der Waals surface area (Å²) >= 11 is 0. The molecule has 0 bridgehead atoms. The summed E-state index contributed by atoms with van der Waals surface area (Å²) in [7, 11) is 0. The van der Waals surface area contributed by atoms with E-state index >= 15 is 0 Å². The van der Waals surface area contributed by atoms with Crippen molar-refractivity contribution in [1.29, 1.82) is 0 Å². The van der Waals surface area contributed by atoms with Crippen molar-refractivity contribution in [3.8, 4) is 0 Å². The summed E-state index contributed by atoms with van der Waals surface area (Å²) in [5.41, 5.74) is 0.976. The largest absolute Gasteiger partial charge is 0.390 e. The zero-order chi connectivity index (χ0) is 11.7. The normalized spacial score (nSPS) is 37.5. The molecule has 0 aromatic heterocycles. The minimum absolute atomic E-state index is 0.140. The van der Waals surface area contributed by atoms with Gasteiger partial charge in [-0.25, -0.2) is 0 Å². The summed E-state index contributed by atoms with van der Waals surface area (Å²) in [5, 5.41) is 9.91. The van der Waals surface area contributed by atoms with E-state index < -0.39 is 12.4 Å². The van der Waals surface area contributed by atoms with Gasteiger partial charge in [-0.05, 0) is 6.42 Å². The molecule has 1 N–H and O–H groups in total. The lowest BCUT2D eigenvalue weighted by molar-refractivity contribution is -0.298.